The molecule has 0 saturated heterocycles. The van der Waals surface area contributed by atoms with Crippen LogP contribution in [-0.4, -0.2) is 34.3 Å². The first-order valence-electron chi connectivity index (χ1n) is 9.95. The maximum atomic E-state index is 12.5. The Hall–Kier alpha value is -2.63. The number of hydrogen-bond donors (Lipinski definition) is 2. The molecule has 0 aliphatic heterocycles. The molecular formula is C23H26N3O3S2+. The number of amides is 1. The van der Waals surface area contributed by atoms with E-state index in [1.54, 1.807) is 10.8 Å². The van der Waals surface area contributed by atoms with Gasteiger partial charge in [0, 0.05) is 16.4 Å². The lowest BCUT2D eigenvalue weighted by Crippen LogP contribution is -2.39. The number of aliphatic hydroxyl groups is 1. The van der Waals surface area contributed by atoms with Crippen molar-refractivity contribution >= 4 is 27.7 Å². The summed E-state index contributed by atoms with van der Waals surface area (Å²) in [7, 11) is 3.15. The number of aliphatic hydroxyl groups excluding tert-OH is 1. The van der Waals surface area contributed by atoms with E-state index in [4.69, 9.17) is 10.1 Å². The van der Waals surface area contributed by atoms with E-state index in [-0.39, 0.29) is 23.0 Å². The zero-order valence-corrected chi connectivity index (χ0v) is 19.4. The van der Waals surface area contributed by atoms with Crippen LogP contribution in [0, 0.1) is 5.39 Å². The van der Waals surface area contributed by atoms with Crippen molar-refractivity contribution in [3.05, 3.63) is 76.6 Å². The number of carbonyl (C=O) groups excluding carboxylic acids is 1. The van der Waals surface area contributed by atoms with Crippen molar-refractivity contribution in [1.29, 1.82) is 5.39 Å². The number of fused-ring (bicyclic) bond motifs is 3. The first-order valence-corrected chi connectivity index (χ1v) is 12.3. The number of nitrogens with zero attached hydrogens (tertiary/aromatic N) is 2. The number of carbonyl (C=O) groups is 1. The van der Waals surface area contributed by atoms with Crippen LogP contribution in [0.25, 0.3) is 16.1 Å². The zero-order valence-electron chi connectivity index (χ0n) is 17.7. The summed E-state index contributed by atoms with van der Waals surface area (Å²) in [4.78, 5) is 15.4. The van der Waals surface area contributed by atoms with Gasteiger partial charge in [0.25, 0.3) is 0 Å². The summed E-state index contributed by atoms with van der Waals surface area (Å²) in [6.45, 7) is 6.43. The van der Waals surface area contributed by atoms with Gasteiger partial charge in [0.05, 0.1) is 0 Å². The maximum absolute atomic E-state index is 12.5. The summed E-state index contributed by atoms with van der Waals surface area (Å²) < 4.78 is 5.58. The monoisotopic (exact) mass is 456 g/mol. The van der Waals surface area contributed by atoms with Crippen molar-refractivity contribution in [2.45, 2.75) is 37.5 Å². The molecule has 0 fully saturated rings. The Morgan fingerprint density at radius 3 is 2.32 bits per heavy atom. The smallest absolute Gasteiger partial charge is 0.407 e. The van der Waals surface area contributed by atoms with E-state index < -0.39 is 12.1 Å². The lowest BCUT2D eigenvalue weighted by Gasteiger charge is -2.20. The minimum Gasteiger partial charge on any atom is -0.504 e. The van der Waals surface area contributed by atoms with Crippen LogP contribution < -0.4 is 5.32 Å². The molecular weight excluding hydrogens is 430 g/mol. The first kappa shape index (κ1) is 23.0. The Labute approximate surface area is 190 Å². The van der Waals surface area contributed by atoms with Crippen LogP contribution in [0.2, 0.25) is 0 Å². The average molecular weight is 457 g/mol. The van der Waals surface area contributed by atoms with Gasteiger partial charge in [-0.3, -0.25) is 0 Å². The van der Waals surface area contributed by atoms with E-state index in [1.807, 2.05) is 24.3 Å². The fraction of sp³-hybridized carbons (Fsp3) is 0.348. The van der Waals surface area contributed by atoms with Gasteiger partial charge in [-0.25, -0.2) is 4.79 Å². The number of hydrogen-bond acceptors (Lipinski definition) is 6. The Kier molecular flexibility index (Phi) is 7.52. The summed E-state index contributed by atoms with van der Waals surface area (Å²) in [5.41, 5.74) is 4.58. The molecule has 2 aromatic carbocycles. The van der Waals surface area contributed by atoms with Crippen LogP contribution in [0.5, 0.6) is 0 Å². The molecule has 2 N–H and O–H groups in total. The van der Waals surface area contributed by atoms with Crippen molar-refractivity contribution < 1.29 is 14.6 Å². The van der Waals surface area contributed by atoms with E-state index >= 15 is 0 Å². The quantitative estimate of drug-likeness (QED) is 0.288. The van der Waals surface area contributed by atoms with E-state index in [9.17, 15) is 9.90 Å². The SMILES string of the molecule is CC(C)(C)SSC[C@H](NC(=O)OCC1c2ccccc2-c2ccccc21)/C(O)=C/[N+]#N. The van der Waals surface area contributed by atoms with Gasteiger partial charge in [-0.15, -0.1) is 0 Å². The Bertz CT molecular complexity index is 966. The molecule has 3 rings (SSSR count). The molecule has 31 heavy (non-hydrogen) atoms. The zero-order chi connectivity index (χ0) is 22.4. The second-order valence-electron chi connectivity index (χ2n) is 8.17. The van der Waals surface area contributed by atoms with Gasteiger partial charge in [-0.1, -0.05) is 90.9 Å². The average Bonchev–Trinajstić information content (AvgIpc) is 3.05. The van der Waals surface area contributed by atoms with Gasteiger partial charge < -0.3 is 15.2 Å². The molecule has 1 atom stereocenters. The number of alkyl carbamates (subject to hydrolysis) is 1. The summed E-state index contributed by atoms with van der Waals surface area (Å²) in [5.74, 6) is 0.112. The topological polar surface area (TPSA) is 86.7 Å². The summed E-state index contributed by atoms with van der Waals surface area (Å²) in [6, 6.07) is 15.5. The molecule has 1 amide bonds. The first-order chi connectivity index (χ1) is 14.8. The van der Waals surface area contributed by atoms with Crippen molar-refractivity contribution in [2.24, 2.45) is 0 Å². The molecule has 8 heteroatoms. The predicted molar refractivity (Wildman–Crippen MR) is 128 cm³/mol. The highest BCUT2D eigenvalue weighted by molar-refractivity contribution is 8.77. The number of nitrogens with one attached hydrogen (secondary N) is 1. The summed E-state index contributed by atoms with van der Waals surface area (Å²) in [6.07, 6.45) is 0.280. The Morgan fingerprint density at radius 2 is 1.77 bits per heavy atom. The third-order valence-electron chi connectivity index (χ3n) is 4.73. The maximum Gasteiger partial charge on any atom is 0.407 e. The van der Waals surface area contributed by atoms with E-state index in [0.717, 1.165) is 28.5 Å². The fourth-order valence-electron chi connectivity index (χ4n) is 3.41. The van der Waals surface area contributed by atoms with Gasteiger partial charge >= 0.3 is 12.3 Å². The largest absolute Gasteiger partial charge is 0.504 e. The molecule has 0 bridgehead atoms. The molecule has 162 valence electrons. The third kappa shape index (κ3) is 5.96. The third-order valence-corrected chi connectivity index (χ3v) is 8.08. The molecule has 1 aliphatic rings. The normalized spacial score (nSPS) is 14.3. The van der Waals surface area contributed by atoms with E-state index in [1.165, 1.54) is 10.8 Å². The van der Waals surface area contributed by atoms with Gasteiger partial charge in [0.1, 0.15) is 12.6 Å². The van der Waals surface area contributed by atoms with Crippen molar-refractivity contribution in [3.63, 3.8) is 0 Å². The number of diazo groups is 1. The molecule has 0 saturated carbocycles. The molecule has 0 spiro atoms. The molecule has 1 aliphatic carbocycles. The molecule has 0 radical (unpaired) electrons. The highest BCUT2D eigenvalue weighted by Gasteiger charge is 2.30. The minimum atomic E-state index is -0.730. The Balaban J connectivity index is 1.65. The number of ether oxygens (including phenoxy) is 1. The second-order valence-corrected chi connectivity index (χ2v) is 11.3. The van der Waals surface area contributed by atoms with Gasteiger partial charge in [0.2, 0.25) is 11.2 Å². The number of rotatable bonds is 7. The molecule has 0 unspecified atom stereocenters. The molecule has 6 nitrogen and oxygen atoms in total. The van der Waals surface area contributed by atoms with Crippen LogP contribution in [-0.2, 0) is 4.74 Å². The molecule has 0 aromatic heterocycles. The Morgan fingerprint density at radius 1 is 1.19 bits per heavy atom. The van der Waals surface area contributed by atoms with Crippen LogP contribution in [0.1, 0.15) is 37.8 Å². The fourth-order valence-corrected chi connectivity index (χ4v) is 5.90. The molecule has 2 aromatic rings. The van der Waals surface area contributed by atoms with E-state index in [0.29, 0.717) is 5.75 Å². The summed E-state index contributed by atoms with van der Waals surface area (Å²) >= 11 is 0. The standard InChI is InChI=1S/C23H25N3O3S2/c1-23(2,3)31-30-14-20(21(27)12-25-24)26-22(28)29-13-19-17-10-6-4-8-15(17)16-9-5-7-11-18(16)19/h4-12,19-20H,13-14H2,1-3H3,(H-,26,27,28)/p+1/b21-12-/t20-/m0/s1. The summed E-state index contributed by atoms with van der Waals surface area (Å²) in [5, 5.41) is 21.6. The van der Waals surface area contributed by atoms with Crippen molar-refractivity contribution in [3.8, 4) is 11.1 Å². The van der Waals surface area contributed by atoms with E-state index in [2.05, 4.69) is 55.3 Å². The van der Waals surface area contributed by atoms with Crippen molar-refractivity contribution in [1.82, 2.24) is 5.32 Å². The van der Waals surface area contributed by atoms with Crippen LogP contribution in [0.3, 0.4) is 0 Å². The lowest BCUT2D eigenvalue weighted by atomic mass is 9.98. The highest BCUT2D eigenvalue weighted by Crippen LogP contribution is 2.44. The van der Waals surface area contributed by atoms with Crippen molar-refractivity contribution in [2.75, 3.05) is 12.4 Å². The van der Waals surface area contributed by atoms with Gasteiger partial charge in [-0.2, -0.15) is 0 Å². The minimum absolute atomic E-state index is 0.0274. The van der Waals surface area contributed by atoms with Crippen LogP contribution >= 0.6 is 21.6 Å². The predicted octanol–water partition coefficient (Wildman–Crippen LogP) is 6.33. The van der Waals surface area contributed by atoms with Gasteiger partial charge in [0.15, 0.2) is 4.98 Å². The van der Waals surface area contributed by atoms with Crippen LogP contribution in [0.4, 0.5) is 4.79 Å². The van der Waals surface area contributed by atoms with Crippen LogP contribution in [0.15, 0.2) is 60.5 Å². The van der Waals surface area contributed by atoms with Gasteiger partial charge in [-0.05, 0) is 22.3 Å². The lowest BCUT2D eigenvalue weighted by molar-refractivity contribution is 0.139. The molecule has 0 heterocycles. The highest BCUT2D eigenvalue weighted by atomic mass is 33.1. The number of benzene rings is 2. The second kappa shape index (κ2) is 10.1.